The first-order valence-corrected chi connectivity index (χ1v) is 7.23. The molecule has 0 radical (unpaired) electrons. The van der Waals surface area contributed by atoms with Gasteiger partial charge < -0.3 is 10.6 Å². The smallest absolute Gasteiger partial charge is 0.240 e. The van der Waals surface area contributed by atoms with Gasteiger partial charge in [0.2, 0.25) is 5.91 Å². The molecule has 1 aromatic rings. The molecule has 2 rings (SSSR count). The molecule has 0 aromatic heterocycles. The van der Waals surface area contributed by atoms with Crippen molar-refractivity contribution >= 4 is 5.91 Å². The van der Waals surface area contributed by atoms with E-state index in [9.17, 15) is 4.79 Å². The highest BCUT2D eigenvalue weighted by Crippen LogP contribution is 2.29. The van der Waals surface area contributed by atoms with E-state index in [0.717, 1.165) is 25.7 Å². The van der Waals surface area contributed by atoms with Crippen LogP contribution in [0.5, 0.6) is 0 Å². The molecule has 1 aromatic carbocycles. The number of aryl methyl sites for hydroxylation is 1. The zero-order chi connectivity index (χ0) is 13.8. The van der Waals surface area contributed by atoms with Crippen LogP contribution in [0.4, 0.5) is 0 Å². The van der Waals surface area contributed by atoms with E-state index in [4.69, 9.17) is 5.73 Å². The third-order valence-electron chi connectivity index (χ3n) is 3.66. The van der Waals surface area contributed by atoms with Gasteiger partial charge >= 0.3 is 0 Å². The summed E-state index contributed by atoms with van der Waals surface area (Å²) < 4.78 is 0. The van der Waals surface area contributed by atoms with E-state index < -0.39 is 0 Å². The van der Waals surface area contributed by atoms with E-state index in [1.165, 1.54) is 11.1 Å². The zero-order valence-corrected chi connectivity index (χ0v) is 11.9. The predicted octanol–water partition coefficient (Wildman–Crippen LogP) is 2.61. The first-order chi connectivity index (χ1) is 9.11. The Labute approximate surface area is 115 Å². The zero-order valence-electron chi connectivity index (χ0n) is 11.9. The van der Waals surface area contributed by atoms with E-state index in [0.29, 0.717) is 12.6 Å². The second-order valence-corrected chi connectivity index (χ2v) is 5.58. The SMILES string of the molecule is CCCC(N)C(=O)N(Cc1ccc(C)cc1)C1CC1. The fourth-order valence-corrected chi connectivity index (χ4v) is 2.31. The monoisotopic (exact) mass is 260 g/mol. The minimum Gasteiger partial charge on any atom is -0.334 e. The average Bonchev–Trinajstić information content (AvgIpc) is 3.22. The van der Waals surface area contributed by atoms with Crippen LogP contribution in [0.2, 0.25) is 0 Å². The van der Waals surface area contributed by atoms with Gasteiger partial charge in [-0.3, -0.25) is 4.79 Å². The minimum atomic E-state index is -0.337. The molecule has 1 saturated carbocycles. The molecule has 1 unspecified atom stereocenters. The van der Waals surface area contributed by atoms with Crippen LogP contribution >= 0.6 is 0 Å². The number of rotatable bonds is 6. The molecule has 1 amide bonds. The van der Waals surface area contributed by atoms with Crippen molar-refractivity contribution in [3.05, 3.63) is 35.4 Å². The van der Waals surface area contributed by atoms with Crippen molar-refractivity contribution in [2.45, 2.75) is 58.2 Å². The maximum absolute atomic E-state index is 12.4. The van der Waals surface area contributed by atoms with Crippen LogP contribution in [0, 0.1) is 6.92 Å². The summed E-state index contributed by atoms with van der Waals surface area (Å²) in [7, 11) is 0. The Balaban J connectivity index is 2.04. The molecular formula is C16H24N2O. The molecule has 3 nitrogen and oxygen atoms in total. The van der Waals surface area contributed by atoms with Gasteiger partial charge in [-0.2, -0.15) is 0 Å². The predicted molar refractivity (Wildman–Crippen MR) is 77.6 cm³/mol. The fourth-order valence-electron chi connectivity index (χ4n) is 2.31. The Kier molecular flexibility index (Phi) is 4.59. The quantitative estimate of drug-likeness (QED) is 0.854. The highest BCUT2D eigenvalue weighted by atomic mass is 16.2. The van der Waals surface area contributed by atoms with Gasteiger partial charge in [-0.1, -0.05) is 43.2 Å². The molecular weight excluding hydrogens is 236 g/mol. The van der Waals surface area contributed by atoms with Crippen molar-refractivity contribution in [2.75, 3.05) is 0 Å². The van der Waals surface area contributed by atoms with Crippen molar-refractivity contribution in [3.8, 4) is 0 Å². The standard InChI is InChI=1S/C16H24N2O/c1-3-4-15(17)16(19)18(14-9-10-14)11-13-7-5-12(2)6-8-13/h5-8,14-15H,3-4,9-11,17H2,1-2H3. The summed E-state index contributed by atoms with van der Waals surface area (Å²) in [6.07, 6.45) is 3.97. The third-order valence-corrected chi connectivity index (χ3v) is 3.66. The molecule has 1 fully saturated rings. The molecule has 0 spiro atoms. The Morgan fingerprint density at radius 3 is 2.53 bits per heavy atom. The Bertz CT molecular complexity index is 423. The number of amides is 1. The minimum absolute atomic E-state index is 0.116. The number of hydrogen-bond acceptors (Lipinski definition) is 2. The second kappa shape index (κ2) is 6.20. The Morgan fingerprint density at radius 2 is 2.00 bits per heavy atom. The summed E-state index contributed by atoms with van der Waals surface area (Å²) in [6, 6.07) is 8.47. The molecule has 2 N–H and O–H groups in total. The number of benzene rings is 1. The van der Waals surface area contributed by atoms with E-state index in [1.54, 1.807) is 0 Å². The number of nitrogens with two attached hydrogens (primary N) is 1. The van der Waals surface area contributed by atoms with Gasteiger partial charge in [0.15, 0.2) is 0 Å². The summed E-state index contributed by atoms with van der Waals surface area (Å²) in [5.41, 5.74) is 8.42. The van der Waals surface area contributed by atoms with Gasteiger partial charge in [0.25, 0.3) is 0 Å². The molecule has 1 aliphatic rings. The van der Waals surface area contributed by atoms with Crippen LogP contribution in [0.3, 0.4) is 0 Å². The van der Waals surface area contributed by atoms with Crippen LogP contribution < -0.4 is 5.73 Å². The lowest BCUT2D eigenvalue weighted by Crippen LogP contribution is -2.44. The maximum atomic E-state index is 12.4. The lowest BCUT2D eigenvalue weighted by Gasteiger charge is -2.25. The summed E-state index contributed by atoms with van der Waals surface area (Å²) >= 11 is 0. The fraction of sp³-hybridized carbons (Fsp3) is 0.562. The molecule has 0 aliphatic heterocycles. The second-order valence-electron chi connectivity index (χ2n) is 5.58. The highest BCUT2D eigenvalue weighted by molar-refractivity contribution is 5.82. The molecule has 0 saturated heterocycles. The molecule has 104 valence electrons. The third kappa shape index (κ3) is 3.80. The summed E-state index contributed by atoms with van der Waals surface area (Å²) in [6.45, 7) is 4.83. The molecule has 1 atom stereocenters. The van der Waals surface area contributed by atoms with Crippen LogP contribution in [0.25, 0.3) is 0 Å². The van der Waals surface area contributed by atoms with Gasteiger partial charge in [0, 0.05) is 12.6 Å². The number of carbonyl (C=O) groups excluding carboxylic acids is 1. The molecule has 1 aliphatic carbocycles. The summed E-state index contributed by atoms with van der Waals surface area (Å²) in [5, 5.41) is 0. The maximum Gasteiger partial charge on any atom is 0.240 e. The normalized spacial score (nSPS) is 16.2. The van der Waals surface area contributed by atoms with Gasteiger partial charge in [0.1, 0.15) is 0 Å². The number of hydrogen-bond donors (Lipinski definition) is 1. The first-order valence-electron chi connectivity index (χ1n) is 7.23. The van der Waals surface area contributed by atoms with E-state index in [2.05, 4.69) is 38.1 Å². The number of carbonyl (C=O) groups is 1. The summed E-state index contributed by atoms with van der Waals surface area (Å²) in [4.78, 5) is 14.4. The van der Waals surface area contributed by atoms with Crippen molar-refractivity contribution < 1.29 is 4.79 Å². The Morgan fingerprint density at radius 1 is 1.37 bits per heavy atom. The molecule has 0 heterocycles. The topological polar surface area (TPSA) is 46.3 Å². The van der Waals surface area contributed by atoms with Gasteiger partial charge in [0.05, 0.1) is 6.04 Å². The van der Waals surface area contributed by atoms with Crippen molar-refractivity contribution in [2.24, 2.45) is 5.73 Å². The van der Waals surface area contributed by atoms with Gasteiger partial charge in [-0.25, -0.2) is 0 Å². The molecule has 0 bridgehead atoms. The van der Waals surface area contributed by atoms with Crippen molar-refractivity contribution in [3.63, 3.8) is 0 Å². The van der Waals surface area contributed by atoms with Crippen molar-refractivity contribution in [1.29, 1.82) is 0 Å². The van der Waals surface area contributed by atoms with E-state index >= 15 is 0 Å². The average molecular weight is 260 g/mol. The number of nitrogens with zero attached hydrogens (tertiary/aromatic N) is 1. The molecule has 3 heteroatoms. The van der Waals surface area contributed by atoms with Crippen LogP contribution in [0.15, 0.2) is 24.3 Å². The Hall–Kier alpha value is -1.35. The lowest BCUT2D eigenvalue weighted by molar-refractivity contribution is -0.134. The van der Waals surface area contributed by atoms with Crippen LogP contribution in [-0.4, -0.2) is 22.9 Å². The highest BCUT2D eigenvalue weighted by Gasteiger charge is 2.34. The molecule has 19 heavy (non-hydrogen) atoms. The van der Waals surface area contributed by atoms with Gasteiger partial charge in [-0.15, -0.1) is 0 Å². The first kappa shape index (κ1) is 14.1. The lowest BCUT2D eigenvalue weighted by atomic mass is 10.1. The van der Waals surface area contributed by atoms with Crippen LogP contribution in [0.1, 0.15) is 43.7 Å². The van der Waals surface area contributed by atoms with Crippen LogP contribution in [-0.2, 0) is 11.3 Å². The van der Waals surface area contributed by atoms with E-state index in [1.807, 2.05) is 4.90 Å². The summed E-state index contributed by atoms with van der Waals surface area (Å²) in [5.74, 6) is 0.116. The largest absolute Gasteiger partial charge is 0.334 e. The van der Waals surface area contributed by atoms with Crippen molar-refractivity contribution in [1.82, 2.24) is 4.90 Å². The van der Waals surface area contributed by atoms with Gasteiger partial charge in [-0.05, 0) is 31.7 Å². The van der Waals surface area contributed by atoms with E-state index in [-0.39, 0.29) is 11.9 Å².